The highest BCUT2D eigenvalue weighted by atomic mass is 35.5. The van der Waals surface area contributed by atoms with Crippen LogP contribution < -0.4 is 5.32 Å². The van der Waals surface area contributed by atoms with Gasteiger partial charge in [-0.2, -0.15) is 5.10 Å². The van der Waals surface area contributed by atoms with Gasteiger partial charge >= 0.3 is 0 Å². The van der Waals surface area contributed by atoms with Crippen LogP contribution in [0.5, 0.6) is 0 Å². The topological polar surface area (TPSA) is 59.8 Å². The highest BCUT2D eigenvalue weighted by Crippen LogP contribution is 2.21. The van der Waals surface area contributed by atoms with E-state index in [1.165, 1.54) is 17.3 Å². The Morgan fingerprint density at radius 2 is 2.28 bits per heavy atom. The van der Waals surface area contributed by atoms with Crippen molar-refractivity contribution in [3.8, 4) is 0 Å². The number of hydrogen-bond acceptors (Lipinski definition) is 3. The van der Waals surface area contributed by atoms with Gasteiger partial charge < -0.3 is 5.32 Å². The van der Waals surface area contributed by atoms with Crippen molar-refractivity contribution >= 4 is 23.2 Å². The minimum atomic E-state index is -0.425. The number of carbonyl (C=O) groups is 1. The molecule has 1 N–H and O–H groups in total. The van der Waals surface area contributed by atoms with Crippen molar-refractivity contribution in [2.24, 2.45) is 0 Å². The van der Waals surface area contributed by atoms with E-state index in [2.05, 4.69) is 15.4 Å². The van der Waals surface area contributed by atoms with Gasteiger partial charge in [0.05, 0.1) is 0 Å². The number of hydrogen-bond donors (Lipinski definition) is 1. The van der Waals surface area contributed by atoms with E-state index >= 15 is 0 Å². The average molecular weight is 265 g/mol. The molecular formula is C12H13ClN4O. The maximum absolute atomic E-state index is 12.0. The van der Waals surface area contributed by atoms with Gasteiger partial charge in [-0.1, -0.05) is 17.7 Å². The molecule has 18 heavy (non-hydrogen) atoms. The summed E-state index contributed by atoms with van der Waals surface area (Å²) in [5.74, 6) is -0.161. The summed E-state index contributed by atoms with van der Waals surface area (Å²) < 4.78 is 1.50. The minimum absolute atomic E-state index is 0.161. The second kappa shape index (κ2) is 5.18. The lowest BCUT2D eigenvalue weighted by molar-refractivity contribution is -0.119. The van der Waals surface area contributed by atoms with E-state index in [1.54, 1.807) is 19.1 Å². The molecular weight excluding hydrogens is 252 g/mol. The summed E-state index contributed by atoms with van der Waals surface area (Å²) in [6.07, 6.45) is 2.91. The van der Waals surface area contributed by atoms with Crippen molar-refractivity contribution < 1.29 is 4.79 Å². The van der Waals surface area contributed by atoms with Crippen LogP contribution in [0.4, 0.5) is 5.69 Å². The number of nitrogens with one attached hydrogen (secondary N) is 1. The summed E-state index contributed by atoms with van der Waals surface area (Å²) in [5.41, 5.74) is 1.66. The Morgan fingerprint density at radius 3 is 2.94 bits per heavy atom. The molecule has 0 saturated heterocycles. The van der Waals surface area contributed by atoms with Crippen LogP contribution >= 0.6 is 11.6 Å². The molecule has 1 aromatic carbocycles. The van der Waals surface area contributed by atoms with E-state index in [-0.39, 0.29) is 5.91 Å². The molecule has 2 aromatic rings. The molecule has 1 unspecified atom stereocenters. The summed E-state index contributed by atoms with van der Waals surface area (Å²) in [6, 6.07) is 4.94. The van der Waals surface area contributed by atoms with Gasteiger partial charge in [-0.25, -0.2) is 9.67 Å². The van der Waals surface area contributed by atoms with Gasteiger partial charge in [0.25, 0.3) is 0 Å². The van der Waals surface area contributed by atoms with Gasteiger partial charge in [0.2, 0.25) is 5.91 Å². The molecule has 0 bridgehead atoms. The van der Waals surface area contributed by atoms with Crippen molar-refractivity contribution in [3.63, 3.8) is 0 Å². The van der Waals surface area contributed by atoms with Crippen LogP contribution in [0.1, 0.15) is 18.5 Å². The number of nitrogens with zero attached hydrogens (tertiary/aromatic N) is 3. The van der Waals surface area contributed by atoms with Gasteiger partial charge in [0.1, 0.15) is 18.7 Å². The Hall–Kier alpha value is -1.88. The third kappa shape index (κ3) is 2.68. The number of amides is 1. The molecule has 6 heteroatoms. The van der Waals surface area contributed by atoms with Crippen LogP contribution in [0.2, 0.25) is 5.02 Å². The number of aryl methyl sites for hydroxylation is 1. The minimum Gasteiger partial charge on any atom is -0.324 e. The molecule has 1 aromatic heterocycles. The predicted octanol–water partition coefficient (Wildman–Crippen LogP) is 2.44. The average Bonchev–Trinajstić information content (AvgIpc) is 2.86. The van der Waals surface area contributed by atoms with E-state index in [0.29, 0.717) is 10.7 Å². The van der Waals surface area contributed by atoms with Crippen LogP contribution in [0, 0.1) is 6.92 Å². The number of halogens is 1. The molecule has 0 saturated carbocycles. The standard InChI is InChI=1S/C12H13ClN4O/c1-8-3-4-10(13)5-11(8)16-12(18)9(2)17-7-14-6-15-17/h3-7,9H,1-2H3,(H,16,18). The molecule has 0 aliphatic rings. The molecule has 0 spiro atoms. The largest absolute Gasteiger partial charge is 0.324 e. The first kappa shape index (κ1) is 12.6. The lowest BCUT2D eigenvalue weighted by Gasteiger charge is -2.13. The molecule has 1 amide bonds. The lowest BCUT2D eigenvalue weighted by atomic mass is 10.2. The second-order valence-electron chi connectivity index (χ2n) is 4.00. The zero-order valence-corrected chi connectivity index (χ0v) is 10.8. The highest BCUT2D eigenvalue weighted by molar-refractivity contribution is 6.31. The van der Waals surface area contributed by atoms with E-state index in [1.807, 2.05) is 13.0 Å². The predicted molar refractivity (Wildman–Crippen MR) is 69.6 cm³/mol. The summed E-state index contributed by atoms with van der Waals surface area (Å²) in [7, 11) is 0. The van der Waals surface area contributed by atoms with E-state index in [0.717, 1.165) is 5.56 Å². The summed E-state index contributed by atoms with van der Waals surface area (Å²) >= 11 is 5.90. The van der Waals surface area contributed by atoms with Gasteiger partial charge in [-0.3, -0.25) is 4.79 Å². The third-order valence-electron chi connectivity index (χ3n) is 2.67. The maximum atomic E-state index is 12.0. The summed E-state index contributed by atoms with van der Waals surface area (Å²) in [6.45, 7) is 3.66. The maximum Gasteiger partial charge on any atom is 0.249 e. The fourth-order valence-electron chi connectivity index (χ4n) is 1.50. The number of carbonyl (C=O) groups excluding carboxylic acids is 1. The molecule has 0 aliphatic carbocycles. The Bertz CT molecular complexity index is 553. The molecule has 1 atom stereocenters. The first-order valence-electron chi connectivity index (χ1n) is 5.49. The Labute approximate surface area is 110 Å². The van der Waals surface area contributed by atoms with Crippen LogP contribution in [0.15, 0.2) is 30.9 Å². The van der Waals surface area contributed by atoms with Crippen molar-refractivity contribution in [1.82, 2.24) is 14.8 Å². The fourth-order valence-corrected chi connectivity index (χ4v) is 1.68. The van der Waals surface area contributed by atoms with Crippen molar-refractivity contribution in [2.45, 2.75) is 19.9 Å². The molecule has 2 rings (SSSR count). The smallest absolute Gasteiger partial charge is 0.249 e. The van der Waals surface area contributed by atoms with Crippen molar-refractivity contribution in [3.05, 3.63) is 41.4 Å². The molecule has 1 heterocycles. The van der Waals surface area contributed by atoms with E-state index in [9.17, 15) is 4.79 Å². The zero-order valence-electron chi connectivity index (χ0n) is 10.1. The molecule has 0 aliphatic heterocycles. The van der Waals surface area contributed by atoms with Crippen molar-refractivity contribution in [1.29, 1.82) is 0 Å². The SMILES string of the molecule is Cc1ccc(Cl)cc1NC(=O)C(C)n1cncn1. The number of aromatic nitrogens is 3. The molecule has 94 valence electrons. The van der Waals surface area contributed by atoms with E-state index in [4.69, 9.17) is 11.6 Å². The fraction of sp³-hybridized carbons (Fsp3) is 0.250. The number of rotatable bonds is 3. The zero-order chi connectivity index (χ0) is 13.1. The number of benzene rings is 1. The van der Waals surface area contributed by atoms with Gasteiger partial charge in [0, 0.05) is 10.7 Å². The van der Waals surface area contributed by atoms with Crippen LogP contribution in [-0.4, -0.2) is 20.7 Å². The highest BCUT2D eigenvalue weighted by Gasteiger charge is 2.16. The Kier molecular flexibility index (Phi) is 3.62. The first-order valence-corrected chi connectivity index (χ1v) is 5.87. The van der Waals surface area contributed by atoms with Gasteiger partial charge in [-0.15, -0.1) is 0 Å². The summed E-state index contributed by atoms with van der Waals surface area (Å²) in [5, 5.41) is 7.35. The van der Waals surface area contributed by atoms with Crippen molar-refractivity contribution in [2.75, 3.05) is 5.32 Å². The second-order valence-corrected chi connectivity index (χ2v) is 4.44. The molecule has 0 radical (unpaired) electrons. The number of anilines is 1. The monoisotopic (exact) mass is 264 g/mol. The molecule has 0 fully saturated rings. The first-order chi connectivity index (χ1) is 8.58. The quantitative estimate of drug-likeness (QED) is 0.926. The third-order valence-corrected chi connectivity index (χ3v) is 2.91. The normalized spacial score (nSPS) is 12.2. The Balaban J connectivity index is 2.14. The molecule has 5 nitrogen and oxygen atoms in total. The van der Waals surface area contributed by atoms with Crippen LogP contribution in [-0.2, 0) is 4.79 Å². The van der Waals surface area contributed by atoms with Crippen LogP contribution in [0.3, 0.4) is 0 Å². The van der Waals surface area contributed by atoms with E-state index < -0.39 is 6.04 Å². The van der Waals surface area contributed by atoms with Crippen LogP contribution in [0.25, 0.3) is 0 Å². The van der Waals surface area contributed by atoms with Gasteiger partial charge in [0.15, 0.2) is 0 Å². The van der Waals surface area contributed by atoms with Gasteiger partial charge in [-0.05, 0) is 31.5 Å². The Morgan fingerprint density at radius 1 is 1.50 bits per heavy atom. The lowest BCUT2D eigenvalue weighted by Crippen LogP contribution is -2.24. The summed E-state index contributed by atoms with van der Waals surface area (Å²) in [4.78, 5) is 15.8.